The predicted octanol–water partition coefficient (Wildman–Crippen LogP) is 4.95. The van der Waals surface area contributed by atoms with Gasteiger partial charge in [0.15, 0.2) is 5.82 Å². The number of amides is 1. The molecule has 4 rings (SSSR count). The van der Waals surface area contributed by atoms with Gasteiger partial charge < -0.3 is 5.32 Å². The van der Waals surface area contributed by atoms with Gasteiger partial charge in [-0.3, -0.25) is 9.78 Å². The molecule has 1 aliphatic carbocycles. The summed E-state index contributed by atoms with van der Waals surface area (Å²) < 4.78 is 69.3. The fourth-order valence-electron chi connectivity index (χ4n) is 3.40. The van der Waals surface area contributed by atoms with Crippen LogP contribution in [0.4, 0.5) is 22.0 Å². The lowest BCUT2D eigenvalue weighted by Gasteiger charge is -2.20. The number of alkyl halides is 5. The number of hydrogen-bond donors (Lipinski definition) is 1. The normalized spacial score (nSPS) is 15.2. The molecule has 6 nitrogen and oxygen atoms in total. The number of nitrogens with zero attached hydrogens (tertiary/aromatic N) is 4. The van der Waals surface area contributed by atoms with Gasteiger partial charge in [-0.15, -0.1) is 0 Å². The number of rotatable bonds is 6. The molecule has 0 radical (unpaired) electrons. The molecule has 0 saturated heterocycles. The van der Waals surface area contributed by atoms with E-state index in [1.807, 2.05) is 0 Å². The average molecular weight is 463 g/mol. The van der Waals surface area contributed by atoms with E-state index in [4.69, 9.17) is 0 Å². The van der Waals surface area contributed by atoms with E-state index in [2.05, 4.69) is 25.3 Å². The summed E-state index contributed by atoms with van der Waals surface area (Å²) in [5, 5.41) is 2.52. The Morgan fingerprint density at radius 2 is 1.58 bits per heavy atom. The molecule has 33 heavy (non-hydrogen) atoms. The van der Waals surface area contributed by atoms with Crippen LogP contribution in [0.3, 0.4) is 0 Å². The van der Waals surface area contributed by atoms with E-state index in [0.717, 1.165) is 6.07 Å². The summed E-state index contributed by atoms with van der Waals surface area (Å²) in [5.74, 6) is -5.19. The number of halogens is 5. The van der Waals surface area contributed by atoms with Crippen LogP contribution >= 0.6 is 0 Å². The van der Waals surface area contributed by atoms with Gasteiger partial charge in [-0.25, -0.2) is 23.7 Å². The van der Waals surface area contributed by atoms with Crippen LogP contribution in [0.1, 0.15) is 53.0 Å². The minimum absolute atomic E-state index is 0.221. The molecule has 1 unspecified atom stereocenters. The monoisotopic (exact) mass is 463 g/mol. The Labute approximate surface area is 185 Å². The van der Waals surface area contributed by atoms with Gasteiger partial charge >= 0.3 is 6.18 Å². The van der Waals surface area contributed by atoms with E-state index in [0.29, 0.717) is 12.1 Å². The van der Waals surface area contributed by atoms with Gasteiger partial charge in [0, 0.05) is 41.8 Å². The van der Waals surface area contributed by atoms with Crippen LogP contribution in [-0.4, -0.2) is 25.8 Å². The van der Waals surface area contributed by atoms with Crippen molar-refractivity contribution in [2.24, 2.45) is 5.92 Å². The van der Waals surface area contributed by atoms with Gasteiger partial charge in [0.05, 0.1) is 17.3 Å². The molecule has 3 aromatic rings. The third kappa shape index (κ3) is 4.81. The molecule has 0 bridgehead atoms. The number of carbonyl (C=O) groups excluding carboxylic acids is 1. The van der Waals surface area contributed by atoms with Crippen LogP contribution in [0.5, 0.6) is 0 Å². The number of carbonyl (C=O) groups is 1. The largest absolute Gasteiger partial charge is 0.416 e. The van der Waals surface area contributed by atoms with E-state index < -0.39 is 46.7 Å². The van der Waals surface area contributed by atoms with Gasteiger partial charge in [-0.05, 0) is 44.0 Å². The van der Waals surface area contributed by atoms with Crippen molar-refractivity contribution in [2.75, 3.05) is 0 Å². The maximum atomic E-state index is 14.6. The van der Waals surface area contributed by atoms with Crippen molar-refractivity contribution < 1.29 is 26.7 Å². The second-order valence-corrected chi connectivity index (χ2v) is 7.75. The van der Waals surface area contributed by atoms with E-state index in [-0.39, 0.29) is 30.1 Å². The van der Waals surface area contributed by atoms with Crippen LogP contribution in [0.25, 0.3) is 11.5 Å². The van der Waals surface area contributed by atoms with E-state index >= 15 is 0 Å². The van der Waals surface area contributed by atoms with Gasteiger partial charge in [-0.1, -0.05) is 0 Å². The topological polar surface area (TPSA) is 80.7 Å². The predicted molar refractivity (Wildman–Crippen MR) is 107 cm³/mol. The SMILES string of the molecule is CC(NC(=O)c1cc(C(F)(F)F)cc(C(F)(F)C2CC2)c1)c1nccnc1-c1ncccn1. The molecule has 1 N–H and O–H groups in total. The second-order valence-electron chi connectivity index (χ2n) is 7.75. The van der Waals surface area contributed by atoms with Crippen molar-refractivity contribution in [1.29, 1.82) is 0 Å². The molecule has 0 aliphatic heterocycles. The summed E-state index contributed by atoms with van der Waals surface area (Å²) in [7, 11) is 0. The fraction of sp³-hybridized carbons (Fsp3) is 0.318. The molecule has 172 valence electrons. The Kier molecular flexibility index (Phi) is 5.81. The molecule has 1 fully saturated rings. The quantitative estimate of drug-likeness (QED) is 0.524. The Morgan fingerprint density at radius 3 is 2.21 bits per heavy atom. The van der Waals surface area contributed by atoms with Crippen LogP contribution < -0.4 is 5.32 Å². The van der Waals surface area contributed by atoms with Crippen molar-refractivity contribution >= 4 is 5.91 Å². The van der Waals surface area contributed by atoms with Crippen LogP contribution in [0, 0.1) is 5.92 Å². The maximum Gasteiger partial charge on any atom is 0.416 e. The molecule has 2 heterocycles. The Morgan fingerprint density at radius 1 is 0.939 bits per heavy atom. The smallest absolute Gasteiger partial charge is 0.344 e. The van der Waals surface area contributed by atoms with E-state index in [1.165, 1.54) is 24.8 Å². The van der Waals surface area contributed by atoms with Gasteiger partial charge in [0.25, 0.3) is 11.8 Å². The van der Waals surface area contributed by atoms with Crippen LogP contribution in [-0.2, 0) is 12.1 Å². The molecule has 11 heteroatoms. The molecule has 1 aromatic carbocycles. The summed E-state index contributed by atoms with van der Waals surface area (Å²) in [6.07, 6.45) is 1.32. The fourth-order valence-corrected chi connectivity index (χ4v) is 3.40. The number of benzene rings is 1. The van der Waals surface area contributed by atoms with Gasteiger partial charge in [0.2, 0.25) is 0 Å². The first-order valence-electron chi connectivity index (χ1n) is 10.1. The first-order chi connectivity index (χ1) is 15.6. The third-order valence-electron chi connectivity index (χ3n) is 5.26. The highest BCUT2D eigenvalue weighted by Crippen LogP contribution is 2.50. The second kappa shape index (κ2) is 8.45. The lowest BCUT2D eigenvalue weighted by atomic mass is 9.97. The zero-order valence-corrected chi connectivity index (χ0v) is 17.3. The molecule has 1 amide bonds. The first kappa shape index (κ1) is 22.7. The summed E-state index contributed by atoms with van der Waals surface area (Å²) in [6.45, 7) is 1.54. The number of aromatic nitrogens is 4. The summed E-state index contributed by atoms with van der Waals surface area (Å²) in [6, 6.07) is 2.56. The Balaban J connectivity index is 1.65. The molecule has 2 aromatic heterocycles. The molecular formula is C22H18F5N5O. The minimum atomic E-state index is -4.89. The van der Waals surface area contributed by atoms with Gasteiger partial charge in [-0.2, -0.15) is 13.2 Å². The van der Waals surface area contributed by atoms with Crippen molar-refractivity contribution in [3.63, 3.8) is 0 Å². The van der Waals surface area contributed by atoms with Crippen molar-refractivity contribution in [3.8, 4) is 11.5 Å². The zero-order chi connectivity index (χ0) is 23.8. The average Bonchev–Trinajstić information content (AvgIpc) is 3.65. The van der Waals surface area contributed by atoms with Crippen LogP contribution in [0.15, 0.2) is 49.1 Å². The first-order valence-corrected chi connectivity index (χ1v) is 10.1. The number of hydrogen-bond acceptors (Lipinski definition) is 5. The Hall–Kier alpha value is -3.50. The standard InChI is InChI=1S/C22H18F5N5O/c1-12(17-18(29-8-7-28-17)19-30-5-2-6-31-19)32-20(33)13-9-15(21(23,24)14-3-4-14)11-16(10-13)22(25,26)27/h2,5-12,14H,3-4H2,1H3,(H,32,33). The van der Waals surface area contributed by atoms with Gasteiger partial charge in [0.1, 0.15) is 5.69 Å². The molecular weight excluding hydrogens is 445 g/mol. The van der Waals surface area contributed by atoms with Crippen molar-refractivity contribution in [2.45, 2.75) is 37.9 Å². The summed E-state index contributed by atoms with van der Waals surface area (Å²) >= 11 is 0. The lowest BCUT2D eigenvalue weighted by Crippen LogP contribution is -2.29. The summed E-state index contributed by atoms with van der Waals surface area (Å²) in [4.78, 5) is 29.4. The summed E-state index contributed by atoms with van der Waals surface area (Å²) in [5.41, 5.74) is -2.11. The molecule has 1 atom stereocenters. The molecule has 1 aliphatic rings. The van der Waals surface area contributed by atoms with E-state index in [9.17, 15) is 26.7 Å². The Bertz CT molecular complexity index is 1170. The lowest BCUT2D eigenvalue weighted by molar-refractivity contribution is -0.137. The maximum absolute atomic E-state index is 14.6. The highest BCUT2D eigenvalue weighted by atomic mass is 19.4. The minimum Gasteiger partial charge on any atom is -0.344 e. The van der Waals surface area contributed by atoms with E-state index in [1.54, 1.807) is 13.0 Å². The zero-order valence-electron chi connectivity index (χ0n) is 17.3. The molecule has 1 saturated carbocycles. The van der Waals surface area contributed by atoms with Crippen molar-refractivity contribution in [3.05, 3.63) is 71.4 Å². The molecule has 0 spiro atoms. The third-order valence-corrected chi connectivity index (χ3v) is 5.26. The number of nitrogens with one attached hydrogen (secondary N) is 1. The highest BCUT2D eigenvalue weighted by molar-refractivity contribution is 5.95. The highest BCUT2D eigenvalue weighted by Gasteiger charge is 2.49. The van der Waals surface area contributed by atoms with Crippen LogP contribution in [0.2, 0.25) is 0 Å². The van der Waals surface area contributed by atoms with Crippen molar-refractivity contribution in [1.82, 2.24) is 25.3 Å².